The van der Waals surface area contributed by atoms with E-state index < -0.39 is 23.0 Å². The lowest BCUT2D eigenvalue weighted by atomic mass is 9.64. The van der Waals surface area contributed by atoms with E-state index in [0.717, 1.165) is 12.5 Å². The molecule has 0 unspecified atom stereocenters. The Balaban J connectivity index is 2.52. The molecule has 0 spiro atoms. The molecule has 0 radical (unpaired) electrons. The molecule has 5 heteroatoms. The van der Waals surface area contributed by atoms with E-state index in [1.807, 2.05) is 0 Å². The Morgan fingerprint density at radius 2 is 2.12 bits per heavy atom. The summed E-state index contributed by atoms with van der Waals surface area (Å²) in [6.07, 6.45) is 1.77. The van der Waals surface area contributed by atoms with E-state index in [-0.39, 0.29) is 5.75 Å². The van der Waals surface area contributed by atoms with Crippen molar-refractivity contribution in [3.8, 4) is 11.5 Å². The summed E-state index contributed by atoms with van der Waals surface area (Å²) < 4.78 is 18.3. The van der Waals surface area contributed by atoms with Crippen molar-refractivity contribution in [2.45, 2.75) is 24.7 Å². The third-order valence-corrected chi connectivity index (χ3v) is 3.42. The van der Waals surface area contributed by atoms with Gasteiger partial charge in [-0.3, -0.25) is 4.79 Å². The number of benzene rings is 1. The Hall–Kier alpha value is -1.78. The summed E-state index contributed by atoms with van der Waals surface area (Å²) in [5, 5.41) is 18.6. The lowest BCUT2D eigenvalue weighted by Crippen LogP contribution is -2.42. The molecule has 0 aliphatic heterocycles. The van der Waals surface area contributed by atoms with Crippen LogP contribution in [0.25, 0.3) is 0 Å². The van der Waals surface area contributed by atoms with Gasteiger partial charge in [0, 0.05) is 0 Å². The summed E-state index contributed by atoms with van der Waals surface area (Å²) in [6.45, 7) is 0. The second kappa shape index (κ2) is 3.91. The molecule has 0 bridgehead atoms. The second-order valence-electron chi connectivity index (χ2n) is 4.25. The molecule has 1 saturated carbocycles. The van der Waals surface area contributed by atoms with E-state index in [0.29, 0.717) is 18.4 Å². The fourth-order valence-electron chi connectivity index (χ4n) is 2.16. The number of phenolic OH excluding ortho intramolecular Hbond substituents is 1. The first-order chi connectivity index (χ1) is 8.01. The van der Waals surface area contributed by atoms with Crippen molar-refractivity contribution >= 4 is 5.97 Å². The first kappa shape index (κ1) is 11.7. The summed E-state index contributed by atoms with van der Waals surface area (Å²) in [6, 6.07) is 2.47. The highest BCUT2D eigenvalue weighted by molar-refractivity contribution is 5.83. The molecule has 0 atom stereocenters. The summed E-state index contributed by atoms with van der Waals surface area (Å²) >= 11 is 0. The van der Waals surface area contributed by atoms with Gasteiger partial charge >= 0.3 is 5.97 Å². The van der Waals surface area contributed by atoms with Crippen molar-refractivity contribution in [2.75, 3.05) is 7.11 Å². The van der Waals surface area contributed by atoms with Crippen LogP contribution in [0.4, 0.5) is 4.39 Å². The van der Waals surface area contributed by atoms with E-state index in [1.165, 1.54) is 13.2 Å². The average Bonchev–Trinajstić information content (AvgIpc) is 2.20. The van der Waals surface area contributed by atoms with E-state index in [9.17, 15) is 19.4 Å². The molecule has 0 amide bonds. The quantitative estimate of drug-likeness (QED) is 0.848. The summed E-state index contributed by atoms with van der Waals surface area (Å²) in [5.74, 6) is -2.44. The van der Waals surface area contributed by atoms with Crippen molar-refractivity contribution in [1.29, 1.82) is 0 Å². The number of hydrogen-bond donors (Lipinski definition) is 2. The van der Waals surface area contributed by atoms with Gasteiger partial charge in [-0.2, -0.15) is 0 Å². The summed E-state index contributed by atoms with van der Waals surface area (Å²) in [5.41, 5.74) is -0.676. The van der Waals surface area contributed by atoms with Gasteiger partial charge in [-0.15, -0.1) is 0 Å². The number of halogens is 1. The van der Waals surface area contributed by atoms with Gasteiger partial charge in [0.05, 0.1) is 12.5 Å². The van der Waals surface area contributed by atoms with Gasteiger partial charge in [0.25, 0.3) is 0 Å². The number of hydrogen-bond acceptors (Lipinski definition) is 3. The summed E-state index contributed by atoms with van der Waals surface area (Å²) in [7, 11) is 1.30. The number of aromatic hydroxyl groups is 1. The molecule has 1 fully saturated rings. The van der Waals surface area contributed by atoms with Crippen LogP contribution in [0.15, 0.2) is 12.1 Å². The average molecular weight is 240 g/mol. The molecule has 0 saturated heterocycles. The van der Waals surface area contributed by atoms with Crippen LogP contribution in [0.3, 0.4) is 0 Å². The summed E-state index contributed by atoms with van der Waals surface area (Å²) in [4.78, 5) is 11.3. The third-order valence-electron chi connectivity index (χ3n) is 3.42. The molecule has 0 aromatic heterocycles. The van der Waals surface area contributed by atoms with Crippen molar-refractivity contribution in [2.24, 2.45) is 0 Å². The Bertz CT molecular complexity index is 466. The number of methoxy groups -OCH3 is 1. The monoisotopic (exact) mass is 240 g/mol. The lowest BCUT2D eigenvalue weighted by molar-refractivity contribution is -0.147. The van der Waals surface area contributed by atoms with Crippen molar-refractivity contribution in [1.82, 2.24) is 0 Å². The van der Waals surface area contributed by atoms with Crippen LogP contribution in [-0.4, -0.2) is 23.3 Å². The van der Waals surface area contributed by atoms with Crippen LogP contribution >= 0.6 is 0 Å². The van der Waals surface area contributed by atoms with Gasteiger partial charge in [-0.25, -0.2) is 4.39 Å². The molecule has 1 aliphatic rings. The van der Waals surface area contributed by atoms with E-state index in [2.05, 4.69) is 0 Å². The number of carbonyl (C=O) groups is 1. The van der Waals surface area contributed by atoms with Crippen LogP contribution in [0, 0.1) is 5.82 Å². The predicted octanol–water partition coefficient (Wildman–Crippen LogP) is 2.05. The molecule has 1 aromatic rings. The minimum Gasteiger partial charge on any atom is -0.502 e. The molecule has 17 heavy (non-hydrogen) atoms. The normalized spacial score (nSPS) is 17.3. The largest absolute Gasteiger partial charge is 0.502 e. The lowest BCUT2D eigenvalue weighted by Gasteiger charge is -2.38. The maximum atomic E-state index is 13.5. The zero-order chi connectivity index (χ0) is 12.6. The Kier molecular flexibility index (Phi) is 2.69. The maximum Gasteiger partial charge on any atom is 0.314 e. The van der Waals surface area contributed by atoms with E-state index in [1.54, 1.807) is 0 Å². The third kappa shape index (κ3) is 1.62. The topological polar surface area (TPSA) is 66.8 Å². The molecule has 92 valence electrons. The Morgan fingerprint density at radius 3 is 2.53 bits per heavy atom. The first-order valence-electron chi connectivity index (χ1n) is 5.31. The van der Waals surface area contributed by atoms with Gasteiger partial charge in [-0.05, 0) is 30.5 Å². The highest BCUT2D eigenvalue weighted by Crippen LogP contribution is 2.46. The van der Waals surface area contributed by atoms with Crippen LogP contribution in [0.1, 0.15) is 24.8 Å². The number of carboxylic acids is 1. The molecule has 4 nitrogen and oxygen atoms in total. The van der Waals surface area contributed by atoms with Gasteiger partial charge < -0.3 is 14.9 Å². The predicted molar refractivity (Wildman–Crippen MR) is 57.8 cm³/mol. The highest BCUT2D eigenvalue weighted by atomic mass is 19.1. The van der Waals surface area contributed by atoms with Gasteiger partial charge in [-0.1, -0.05) is 6.42 Å². The minimum absolute atomic E-state index is 0.0347. The Morgan fingerprint density at radius 1 is 1.47 bits per heavy atom. The van der Waals surface area contributed by atoms with E-state index >= 15 is 0 Å². The molecule has 1 aliphatic carbocycles. The van der Waals surface area contributed by atoms with Crippen LogP contribution in [0.2, 0.25) is 0 Å². The van der Waals surface area contributed by atoms with Gasteiger partial charge in [0.1, 0.15) is 0 Å². The number of ether oxygens (including phenoxy) is 1. The highest BCUT2D eigenvalue weighted by Gasteiger charge is 2.46. The number of phenols is 1. The minimum atomic E-state index is -1.03. The number of rotatable bonds is 3. The molecule has 2 N–H and O–H groups in total. The molecule has 1 aromatic carbocycles. The van der Waals surface area contributed by atoms with Crippen LogP contribution in [-0.2, 0) is 10.2 Å². The fourth-order valence-corrected chi connectivity index (χ4v) is 2.16. The first-order valence-corrected chi connectivity index (χ1v) is 5.31. The zero-order valence-corrected chi connectivity index (χ0v) is 9.36. The standard InChI is InChI=1S/C12H13FO4/c1-17-9-6-7(5-8(13)10(9)14)12(11(15)16)3-2-4-12/h5-6,14H,2-4H2,1H3,(H,15,16). The van der Waals surface area contributed by atoms with E-state index in [4.69, 9.17) is 4.74 Å². The van der Waals surface area contributed by atoms with Crippen LogP contribution in [0.5, 0.6) is 11.5 Å². The molecule has 2 rings (SSSR count). The second-order valence-corrected chi connectivity index (χ2v) is 4.25. The number of carboxylic acid groups (broad SMARTS) is 1. The zero-order valence-electron chi connectivity index (χ0n) is 9.36. The smallest absolute Gasteiger partial charge is 0.314 e. The van der Waals surface area contributed by atoms with Crippen molar-refractivity contribution in [3.05, 3.63) is 23.5 Å². The SMILES string of the molecule is COc1cc(C2(C(=O)O)CCC2)cc(F)c1O. The van der Waals surface area contributed by atoms with Gasteiger partial charge in [0.15, 0.2) is 17.3 Å². The maximum absolute atomic E-state index is 13.5. The fraction of sp³-hybridized carbons (Fsp3) is 0.417. The van der Waals surface area contributed by atoms with Crippen molar-refractivity contribution in [3.63, 3.8) is 0 Å². The Labute approximate surface area is 97.6 Å². The molecule has 0 heterocycles. The van der Waals surface area contributed by atoms with Gasteiger partial charge in [0.2, 0.25) is 0 Å². The number of aliphatic carboxylic acids is 1. The van der Waals surface area contributed by atoms with Crippen LogP contribution < -0.4 is 4.74 Å². The van der Waals surface area contributed by atoms with Crippen molar-refractivity contribution < 1.29 is 24.1 Å². The molecular formula is C12H13FO4. The molecular weight excluding hydrogens is 227 g/mol.